The molecule has 2 saturated heterocycles. The number of rotatable bonds is 5. The van der Waals surface area contributed by atoms with Crippen LogP contribution in [0.3, 0.4) is 0 Å². The molecular weight excluding hydrogens is 392 g/mol. The molecule has 2 aliphatic carbocycles. The number of ether oxygens (including phenoxy) is 4. The number of fused-ring (bicyclic) bond motifs is 2. The number of esters is 2. The van der Waals surface area contributed by atoms with Gasteiger partial charge in [0.25, 0.3) is 0 Å². The van der Waals surface area contributed by atoms with Crippen LogP contribution in [0.25, 0.3) is 0 Å². The van der Waals surface area contributed by atoms with Gasteiger partial charge in [0, 0.05) is 30.6 Å². The molecule has 1 spiro atoms. The summed E-state index contributed by atoms with van der Waals surface area (Å²) in [6.45, 7) is 9.28. The molecule has 0 aromatic carbocycles. The van der Waals surface area contributed by atoms with E-state index in [1.807, 2.05) is 33.8 Å². The average Bonchev–Trinajstić information content (AvgIpc) is 3.43. The van der Waals surface area contributed by atoms with Crippen molar-refractivity contribution in [2.24, 2.45) is 16.7 Å². The van der Waals surface area contributed by atoms with Crippen LogP contribution in [-0.2, 0) is 28.5 Å². The molecule has 0 aromatic heterocycles. The van der Waals surface area contributed by atoms with Gasteiger partial charge in [0.1, 0.15) is 30.5 Å². The number of epoxide rings is 1. The van der Waals surface area contributed by atoms with E-state index < -0.39 is 52.9 Å². The molecule has 4 rings (SSSR count). The van der Waals surface area contributed by atoms with Gasteiger partial charge in [-0.15, -0.1) is 0 Å². The molecule has 3 fully saturated rings. The van der Waals surface area contributed by atoms with Crippen molar-refractivity contribution in [2.45, 2.75) is 83.6 Å². The molecule has 3 unspecified atom stereocenters. The molecule has 0 aromatic rings. The zero-order chi connectivity index (χ0) is 22.1. The molecule has 168 valence electrons. The summed E-state index contributed by atoms with van der Waals surface area (Å²) in [7, 11) is 0. The van der Waals surface area contributed by atoms with Crippen LogP contribution in [0.4, 0.5) is 0 Å². The molecule has 2 N–H and O–H groups in total. The molecule has 2 bridgehead atoms. The van der Waals surface area contributed by atoms with E-state index in [1.54, 1.807) is 0 Å². The van der Waals surface area contributed by atoms with Crippen molar-refractivity contribution in [1.29, 1.82) is 0 Å². The maximum atomic E-state index is 12.4. The quantitative estimate of drug-likeness (QED) is 0.383. The summed E-state index contributed by atoms with van der Waals surface area (Å²) in [5.74, 6) is -0.584. The predicted molar refractivity (Wildman–Crippen MR) is 104 cm³/mol. The lowest BCUT2D eigenvalue weighted by Gasteiger charge is -2.58. The van der Waals surface area contributed by atoms with Crippen molar-refractivity contribution in [3.63, 3.8) is 0 Å². The Morgan fingerprint density at radius 1 is 1.33 bits per heavy atom. The summed E-state index contributed by atoms with van der Waals surface area (Å²) < 4.78 is 23.4. The van der Waals surface area contributed by atoms with E-state index in [2.05, 4.69) is 0 Å². The van der Waals surface area contributed by atoms with Gasteiger partial charge < -0.3 is 29.2 Å². The van der Waals surface area contributed by atoms with Crippen molar-refractivity contribution < 1.29 is 38.7 Å². The minimum atomic E-state index is -1.13. The standard InChI is InChI=1S/C22H32O8/c1-11(2)6-16(24)29-14-8-21(9-27-13(4)23)15(7-12(14)3)30-19-17(25)18(26)20(21,5)22(19)10-28-22/h7,11,14-15,17-19,25-26H,6,8-10H2,1-5H3/t14-,15+,17+,18+,19?,20?,21+,22?/m0/s1. The maximum absolute atomic E-state index is 12.4. The zero-order valence-electron chi connectivity index (χ0n) is 18.2. The molecule has 1 saturated carbocycles. The van der Waals surface area contributed by atoms with Crippen LogP contribution >= 0.6 is 0 Å². The molecule has 30 heavy (non-hydrogen) atoms. The van der Waals surface area contributed by atoms with Crippen LogP contribution in [0.15, 0.2) is 11.6 Å². The summed E-state index contributed by atoms with van der Waals surface area (Å²) in [5.41, 5.74) is -1.89. The number of hydrogen-bond acceptors (Lipinski definition) is 8. The van der Waals surface area contributed by atoms with Gasteiger partial charge in [0.15, 0.2) is 0 Å². The lowest BCUT2D eigenvalue weighted by atomic mass is 9.51. The van der Waals surface area contributed by atoms with E-state index in [0.29, 0.717) is 19.4 Å². The summed E-state index contributed by atoms with van der Waals surface area (Å²) in [4.78, 5) is 24.1. The van der Waals surface area contributed by atoms with Gasteiger partial charge in [0.05, 0.1) is 18.8 Å². The summed E-state index contributed by atoms with van der Waals surface area (Å²) >= 11 is 0. The lowest BCUT2D eigenvalue weighted by Crippen LogP contribution is -2.67. The Morgan fingerprint density at radius 3 is 2.57 bits per heavy atom. The highest BCUT2D eigenvalue weighted by Gasteiger charge is 2.85. The van der Waals surface area contributed by atoms with Crippen molar-refractivity contribution in [3.05, 3.63) is 11.6 Å². The fraction of sp³-hybridized carbons (Fsp3) is 0.818. The summed E-state index contributed by atoms with van der Waals surface area (Å²) in [6.07, 6.45) is -1.50. The second-order valence-corrected chi connectivity index (χ2v) is 9.92. The van der Waals surface area contributed by atoms with Gasteiger partial charge in [-0.05, 0) is 18.4 Å². The van der Waals surface area contributed by atoms with Gasteiger partial charge in [-0.3, -0.25) is 9.59 Å². The molecule has 0 radical (unpaired) electrons. The second kappa shape index (κ2) is 7.02. The first-order valence-corrected chi connectivity index (χ1v) is 10.7. The highest BCUT2D eigenvalue weighted by molar-refractivity contribution is 5.70. The van der Waals surface area contributed by atoms with E-state index in [0.717, 1.165) is 5.57 Å². The largest absolute Gasteiger partial charge is 0.465 e. The van der Waals surface area contributed by atoms with Gasteiger partial charge >= 0.3 is 11.9 Å². The molecule has 2 aliphatic heterocycles. The Bertz CT molecular complexity index is 771. The Morgan fingerprint density at radius 2 is 2.00 bits per heavy atom. The van der Waals surface area contributed by atoms with E-state index in [1.165, 1.54) is 6.92 Å². The topological polar surface area (TPSA) is 115 Å². The Balaban J connectivity index is 1.75. The normalized spacial score (nSPS) is 46.4. The SMILES string of the molecule is CC(=O)OC[C@]12C[C@H](OC(=O)CC(C)C)C(C)=C[C@H]1OC1[C@H](O)[C@@H](O)C2(C)C12CO2. The number of carbonyl (C=O) groups excluding carboxylic acids is 2. The first kappa shape index (κ1) is 21.7. The van der Waals surface area contributed by atoms with Crippen LogP contribution in [0.2, 0.25) is 0 Å². The zero-order valence-corrected chi connectivity index (χ0v) is 18.2. The highest BCUT2D eigenvalue weighted by atomic mass is 16.6. The van der Waals surface area contributed by atoms with E-state index in [4.69, 9.17) is 18.9 Å². The first-order chi connectivity index (χ1) is 14.0. The first-order valence-electron chi connectivity index (χ1n) is 10.7. The number of carbonyl (C=O) groups is 2. The second-order valence-electron chi connectivity index (χ2n) is 9.92. The smallest absolute Gasteiger partial charge is 0.306 e. The van der Waals surface area contributed by atoms with Gasteiger partial charge in [-0.2, -0.15) is 0 Å². The Hall–Kier alpha value is -1.48. The molecule has 2 heterocycles. The molecule has 0 amide bonds. The minimum Gasteiger partial charge on any atom is -0.465 e. The third kappa shape index (κ3) is 2.80. The van der Waals surface area contributed by atoms with Crippen molar-refractivity contribution in [1.82, 2.24) is 0 Å². The van der Waals surface area contributed by atoms with Crippen molar-refractivity contribution in [3.8, 4) is 0 Å². The van der Waals surface area contributed by atoms with Crippen LogP contribution in [-0.4, -0.2) is 71.5 Å². The number of aliphatic hydroxyl groups is 2. The van der Waals surface area contributed by atoms with Crippen LogP contribution in [0.5, 0.6) is 0 Å². The Labute approximate surface area is 176 Å². The van der Waals surface area contributed by atoms with Crippen LogP contribution in [0, 0.1) is 16.7 Å². The van der Waals surface area contributed by atoms with Gasteiger partial charge in [-0.25, -0.2) is 0 Å². The monoisotopic (exact) mass is 424 g/mol. The fourth-order valence-electron chi connectivity index (χ4n) is 5.92. The highest BCUT2D eigenvalue weighted by Crippen LogP contribution is 2.71. The number of aliphatic hydroxyl groups excluding tert-OH is 2. The lowest BCUT2D eigenvalue weighted by molar-refractivity contribution is -0.239. The van der Waals surface area contributed by atoms with Crippen LogP contribution in [0.1, 0.15) is 47.5 Å². The third-order valence-corrected chi connectivity index (χ3v) is 7.74. The molecular formula is C22H32O8. The minimum absolute atomic E-state index is 0.0346. The summed E-state index contributed by atoms with van der Waals surface area (Å²) in [5, 5.41) is 21.9. The summed E-state index contributed by atoms with van der Waals surface area (Å²) in [6, 6.07) is 0. The van der Waals surface area contributed by atoms with E-state index >= 15 is 0 Å². The van der Waals surface area contributed by atoms with Crippen molar-refractivity contribution >= 4 is 11.9 Å². The fourth-order valence-corrected chi connectivity index (χ4v) is 5.92. The molecule has 4 aliphatic rings. The third-order valence-electron chi connectivity index (χ3n) is 7.74. The van der Waals surface area contributed by atoms with Gasteiger partial charge in [0.2, 0.25) is 0 Å². The van der Waals surface area contributed by atoms with E-state index in [-0.39, 0.29) is 18.5 Å². The van der Waals surface area contributed by atoms with Crippen molar-refractivity contribution in [2.75, 3.05) is 13.2 Å². The molecule has 8 heteroatoms. The number of hydrogen-bond donors (Lipinski definition) is 2. The average molecular weight is 424 g/mol. The Kier molecular flexibility index (Phi) is 5.09. The maximum Gasteiger partial charge on any atom is 0.306 e. The molecule has 8 nitrogen and oxygen atoms in total. The van der Waals surface area contributed by atoms with E-state index in [9.17, 15) is 19.8 Å². The van der Waals surface area contributed by atoms with Crippen LogP contribution < -0.4 is 0 Å². The molecule has 8 atom stereocenters. The van der Waals surface area contributed by atoms with Gasteiger partial charge in [-0.1, -0.05) is 26.8 Å². The predicted octanol–water partition coefficient (Wildman–Crippen LogP) is 1.12.